The van der Waals surface area contributed by atoms with Crippen molar-refractivity contribution in [3.63, 3.8) is 0 Å². The molecule has 8 nitrogen and oxygen atoms in total. The average Bonchev–Trinajstić information content (AvgIpc) is 3.15. The predicted octanol–water partition coefficient (Wildman–Crippen LogP) is 2.23. The van der Waals surface area contributed by atoms with Crippen molar-refractivity contribution >= 4 is 34.5 Å². The zero-order chi connectivity index (χ0) is 18.8. The molecule has 1 aliphatic heterocycles. The molecule has 140 valence electrons. The molecule has 0 saturated carbocycles. The first-order valence-electron chi connectivity index (χ1n) is 8.78. The molecule has 3 heterocycles. The number of hydrogen-bond donors (Lipinski definition) is 0. The molecule has 0 spiro atoms. The van der Waals surface area contributed by atoms with Gasteiger partial charge in [0.2, 0.25) is 0 Å². The highest BCUT2D eigenvalue weighted by molar-refractivity contribution is 7.00. The summed E-state index contributed by atoms with van der Waals surface area (Å²) in [6, 6.07) is 5.45. The first-order chi connectivity index (χ1) is 13.1. The van der Waals surface area contributed by atoms with Gasteiger partial charge < -0.3 is 14.5 Å². The molecule has 1 atom stereocenters. The van der Waals surface area contributed by atoms with Crippen molar-refractivity contribution in [2.24, 2.45) is 0 Å². The van der Waals surface area contributed by atoms with Gasteiger partial charge in [0.15, 0.2) is 5.82 Å². The Balaban J connectivity index is 1.48. The molecular formula is C18H20N6O2S. The number of rotatable bonds is 4. The number of benzene rings is 1. The van der Waals surface area contributed by atoms with E-state index in [1.54, 1.807) is 18.5 Å². The molecule has 1 amide bonds. The normalized spacial score (nSPS) is 17.1. The third-order valence-corrected chi connectivity index (χ3v) is 5.07. The van der Waals surface area contributed by atoms with Crippen molar-refractivity contribution < 1.29 is 9.53 Å². The van der Waals surface area contributed by atoms with Gasteiger partial charge in [-0.25, -0.2) is 9.97 Å². The highest BCUT2D eigenvalue weighted by atomic mass is 32.1. The summed E-state index contributed by atoms with van der Waals surface area (Å²) in [4.78, 5) is 25.2. The van der Waals surface area contributed by atoms with Crippen LogP contribution in [0, 0.1) is 0 Å². The van der Waals surface area contributed by atoms with Gasteiger partial charge in [-0.2, -0.15) is 8.75 Å². The van der Waals surface area contributed by atoms with Crippen molar-refractivity contribution in [3.05, 3.63) is 36.2 Å². The Labute approximate surface area is 161 Å². The fourth-order valence-corrected chi connectivity index (χ4v) is 3.70. The minimum Gasteiger partial charge on any atom is -0.470 e. The van der Waals surface area contributed by atoms with Gasteiger partial charge in [-0.05, 0) is 31.0 Å². The molecule has 0 bridgehead atoms. The molecule has 0 radical (unpaired) electrons. The van der Waals surface area contributed by atoms with E-state index in [-0.39, 0.29) is 12.0 Å². The summed E-state index contributed by atoms with van der Waals surface area (Å²) in [7, 11) is 3.80. The van der Waals surface area contributed by atoms with E-state index in [0.29, 0.717) is 30.4 Å². The second-order valence-electron chi connectivity index (χ2n) is 6.68. The number of nitrogens with zero attached hydrogens (tertiary/aromatic N) is 6. The predicted molar refractivity (Wildman–Crippen MR) is 103 cm³/mol. The average molecular weight is 384 g/mol. The van der Waals surface area contributed by atoms with Crippen LogP contribution in [0.2, 0.25) is 0 Å². The minimum absolute atomic E-state index is 0.00909. The Bertz CT molecular complexity index is 960. The van der Waals surface area contributed by atoms with Crippen LogP contribution >= 0.6 is 11.7 Å². The lowest BCUT2D eigenvalue weighted by atomic mass is 10.1. The third-order valence-electron chi connectivity index (χ3n) is 4.51. The molecule has 1 aromatic carbocycles. The van der Waals surface area contributed by atoms with Gasteiger partial charge in [0.25, 0.3) is 11.8 Å². The molecule has 4 rings (SSSR count). The maximum Gasteiger partial charge on any atom is 0.257 e. The number of piperidine rings is 1. The Kier molecular flexibility index (Phi) is 4.85. The summed E-state index contributed by atoms with van der Waals surface area (Å²) >= 11 is 1.15. The third kappa shape index (κ3) is 3.68. The van der Waals surface area contributed by atoms with Gasteiger partial charge in [0, 0.05) is 38.6 Å². The fraction of sp³-hybridized carbons (Fsp3) is 0.389. The van der Waals surface area contributed by atoms with Crippen LogP contribution in [0.15, 0.2) is 30.6 Å². The molecule has 3 aromatic rings. The molecule has 1 unspecified atom stereocenters. The number of anilines is 1. The monoisotopic (exact) mass is 384 g/mol. The first kappa shape index (κ1) is 17.6. The van der Waals surface area contributed by atoms with Crippen LogP contribution in [-0.4, -0.2) is 62.8 Å². The van der Waals surface area contributed by atoms with Crippen molar-refractivity contribution in [2.45, 2.75) is 18.9 Å². The van der Waals surface area contributed by atoms with Crippen molar-refractivity contribution in [1.82, 2.24) is 23.6 Å². The van der Waals surface area contributed by atoms with E-state index in [2.05, 4.69) is 18.7 Å². The van der Waals surface area contributed by atoms with Crippen LogP contribution < -0.4 is 9.64 Å². The lowest BCUT2D eigenvalue weighted by Gasteiger charge is -2.33. The SMILES string of the molecule is CN(C)c1nccnc1OC1CCCN(C(=O)c2ccc3nsnc3c2)C1. The number of hydrogen-bond acceptors (Lipinski definition) is 8. The van der Waals surface area contributed by atoms with Crippen LogP contribution in [0.25, 0.3) is 11.0 Å². The van der Waals surface area contributed by atoms with Crippen molar-refractivity contribution in [1.29, 1.82) is 0 Å². The van der Waals surface area contributed by atoms with Crippen LogP contribution in [-0.2, 0) is 0 Å². The number of likely N-dealkylation sites (tertiary alicyclic amines) is 1. The number of ether oxygens (including phenoxy) is 1. The van der Waals surface area contributed by atoms with Gasteiger partial charge in [-0.3, -0.25) is 4.79 Å². The number of carbonyl (C=O) groups is 1. The molecule has 9 heteroatoms. The molecule has 27 heavy (non-hydrogen) atoms. The number of amides is 1. The Hall–Kier alpha value is -2.81. The Morgan fingerprint density at radius 2 is 2.04 bits per heavy atom. The molecule has 1 saturated heterocycles. The van der Waals surface area contributed by atoms with E-state index >= 15 is 0 Å². The van der Waals surface area contributed by atoms with Gasteiger partial charge in [0.1, 0.15) is 17.1 Å². The maximum absolute atomic E-state index is 12.9. The van der Waals surface area contributed by atoms with Crippen LogP contribution in [0.1, 0.15) is 23.2 Å². The largest absolute Gasteiger partial charge is 0.470 e. The summed E-state index contributed by atoms with van der Waals surface area (Å²) in [6.45, 7) is 1.24. The Morgan fingerprint density at radius 1 is 1.22 bits per heavy atom. The standard InChI is InChI=1S/C18H20N6O2S/c1-23(2)16-17(20-8-7-19-16)26-13-4-3-9-24(11-13)18(25)12-5-6-14-15(10-12)22-27-21-14/h5-8,10,13H,3-4,9,11H2,1-2H3. The molecule has 1 aliphatic rings. The summed E-state index contributed by atoms with van der Waals surface area (Å²) < 4.78 is 14.5. The highest BCUT2D eigenvalue weighted by Gasteiger charge is 2.27. The van der Waals surface area contributed by atoms with Gasteiger partial charge >= 0.3 is 0 Å². The minimum atomic E-state index is -0.109. The zero-order valence-corrected chi connectivity index (χ0v) is 16.0. The van der Waals surface area contributed by atoms with Crippen LogP contribution in [0.3, 0.4) is 0 Å². The summed E-state index contributed by atoms with van der Waals surface area (Å²) in [6.07, 6.45) is 4.91. The van der Waals surface area contributed by atoms with E-state index in [1.807, 2.05) is 36.0 Å². The van der Waals surface area contributed by atoms with Crippen LogP contribution in [0.4, 0.5) is 5.82 Å². The van der Waals surface area contributed by atoms with Crippen LogP contribution in [0.5, 0.6) is 5.88 Å². The van der Waals surface area contributed by atoms with E-state index in [1.165, 1.54) is 0 Å². The Morgan fingerprint density at radius 3 is 2.89 bits per heavy atom. The number of fused-ring (bicyclic) bond motifs is 1. The van der Waals surface area contributed by atoms with Crippen molar-refractivity contribution in [3.8, 4) is 5.88 Å². The molecule has 1 fully saturated rings. The second-order valence-corrected chi connectivity index (χ2v) is 7.21. The van der Waals surface area contributed by atoms with Gasteiger partial charge in [0.05, 0.1) is 18.3 Å². The molecule has 0 N–H and O–H groups in total. The van der Waals surface area contributed by atoms with Gasteiger partial charge in [-0.15, -0.1) is 0 Å². The topological polar surface area (TPSA) is 84.3 Å². The van der Waals surface area contributed by atoms with Crippen molar-refractivity contribution in [2.75, 3.05) is 32.1 Å². The first-order valence-corrected chi connectivity index (χ1v) is 9.51. The second kappa shape index (κ2) is 7.43. The number of aromatic nitrogens is 4. The summed E-state index contributed by atoms with van der Waals surface area (Å²) in [5, 5.41) is 0. The van der Waals surface area contributed by atoms with E-state index < -0.39 is 0 Å². The van der Waals surface area contributed by atoms with E-state index in [4.69, 9.17) is 4.74 Å². The lowest BCUT2D eigenvalue weighted by molar-refractivity contribution is 0.0528. The lowest BCUT2D eigenvalue weighted by Crippen LogP contribution is -2.44. The summed E-state index contributed by atoms with van der Waals surface area (Å²) in [5.74, 6) is 1.17. The fourth-order valence-electron chi connectivity index (χ4n) is 3.18. The highest BCUT2D eigenvalue weighted by Crippen LogP contribution is 2.25. The van der Waals surface area contributed by atoms with E-state index in [0.717, 1.165) is 35.6 Å². The maximum atomic E-state index is 12.9. The number of carbonyl (C=O) groups excluding carboxylic acids is 1. The smallest absolute Gasteiger partial charge is 0.257 e. The zero-order valence-electron chi connectivity index (χ0n) is 15.2. The molecule has 2 aromatic heterocycles. The van der Waals surface area contributed by atoms with Gasteiger partial charge in [-0.1, -0.05) is 0 Å². The molecule has 0 aliphatic carbocycles. The quantitative estimate of drug-likeness (QED) is 0.682. The summed E-state index contributed by atoms with van der Waals surface area (Å²) in [5.41, 5.74) is 2.20. The van der Waals surface area contributed by atoms with E-state index in [9.17, 15) is 4.79 Å². The molecular weight excluding hydrogens is 364 g/mol.